The molecule has 126 valence electrons. The van der Waals surface area contributed by atoms with E-state index in [1.165, 1.54) is 63.5 Å². The average Bonchev–Trinajstić information content (AvgIpc) is 2.90. The largest absolute Gasteiger partial charge is 0.418 e. The quantitative estimate of drug-likeness (QED) is 0.436. The molecule has 1 atom stereocenters. The standard InChI is InChI=1S/C17H29NO4/c1-2-3-4-5-6-7-8-9-10-11-14-18-17(20)22-16-13-12-15(19)21-16/h12-13,16H,2-11,14H2,1H3,(H,18,20). The first-order valence-electron chi connectivity index (χ1n) is 8.55. The number of carbonyl (C=O) groups excluding carboxylic acids is 2. The normalized spacial score (nSPS) is 16.6. The lowest BCUT2D eigenvalue weighted by Crippen LogP contribution is -2.29. The predicted molar refractivity (Wildman–Crippen MR) is 85.3 cm³/mol. The summed E-state index contributed by atoms with van der Waals surface area (Å²) in [5, 5.41) is 2.66. The summed E-state index contributed by atoms with van der Waals surface area (Å²) in [6.45, 7) is 2.83. The highest BCUT2D eigenvalue weighted by Gasteiger charge is 2.19. The monoisotopic (exact) mass is 311 g/mol. The van der Waals surface area contributed by atoms with Crippen molar-refractivity contribution in [3.63, 3.8) is 0 Å². The van der Waals surface area contributed by atoms with Crippen LogP contribution in [0.2, 0.25) is 0 Å². The van der Waals surface area contributed by atoms with Crippen molar-refractivity contribution < 1.29 is 19.1 Å². The third-order valence-electron chi connectivity index (χ3n) is 3.64. The number of esters is 1. The minimum absolute atomic E-state index is 0.479. The first-order chi connectivity index (χ1) is 10.7. The van der Waals surface area contributed by atoms with Crippen molar-refractivity contribution in [2.24, 2.45) is 0 Å². The molecule has 0 aromatic carbocycles. The zero-order valence-electron chi connectivity index (χ0n) is 13.6. The van der Waals surface area contributed by atoms with Crippen molar-refractivity contribution in [2.45, 2.75) is 77.4 Å². The number of nitrogens with one attached hydrogen (secondary N) is 1. The zero-order valence-corrected chi connectivity index (χ0v) is 13.6. The van der Waals surface area contributed by atoms with Crippen molar-refractivity contribution in [1.29, 1.82) is 0 Å². The average molecular weight is 311 g/mol. The molecule has 1 N–H and O–H groups in total. The summed E-state index contributed by atoms with van der Waals surface area (Å²) in [7, 11) is 0. The van der Waals surface area contributed by atoms with Crippen LogP contribution in [-0.4, -0.2) is 24.9 Å². The van der Waals surface area contributed by atoms with Crippen molar-refractivity contribution in [3.8, 4) is 0 Å². The summed E-state index contributed by atoms with van der Waals surface area (Å²) in [6.07, 6.45) is 13.9. The van der Waals surface area contributed by atoms with E-state index in [-0.39, 0.29) is 0 Å². The second-order valence-electron chi connectivity index (χ2n) is 5.68. The van der Waals surface area contributed by atoms with Crippen molar-refractivity contribution in [1.82, 2.24) is 5.32 Å². The third-order valence-corrected chi connectivity index (χ3v) is 3.64. The van der Waals surface area contributed by atoms with E-state index in [4.69, 9.17) is 9.47 Å². The number of cyclic esters (lactones) is 1. The van der Waals surface area contributed by atoms with Gasteiger partial charge in [0.2, 0.25) is 0 Å². The maximum atomic E-state index is 11.4. The lowest BCUT2D eigenvalue weighted by Gasteiger charge is -2.10. The van der Waals surface area contributed by atoms with Gasteiger partial charge in [0.05, 0.1) is 0 Å². The number of ether oxygens (including phenoxy) is 2. The molecule has 22 heavy (non-hydrogen) atoms. The molecule has 0 bridgehead atoms. The molecule has 0 aromatic heterocycles. The number of unbranched alkanes of at least 4 members (excludes halogenated alkanes) is 9. The predicted octanol–water partition coefficient (Wildman–Crippen LogP) is 4.07. The van der Waals surface area contributed by atoms with E-state index in [1.807, 2.05) is 0 Å². The molecule has 5 heteroatoms. The van der Waals surface area contributed by atoms with Crippen LogP contribution >= 0.6 is 0 Å². The summed E-state index contributed by atoms with van der Waals surface area (Å²) < 4.78 is 9.60. The van der Waals surface area contributed by atoms with E-state index in [0.717, 1.165) is 12.8 Å². The molecular weight excluding hydrogens is 282 g/mol. The highest BCUT2D eigenvalue weighted by atomic mass is 16.7. The first kappa shape index (κ1) is 18.5. The minimum atomic E-state index is -0.875. The van der Waals surface area contributed by atoms with Crippen LogP contribution in [0.5, 0.6) is 0 Å². The highest BCUT2D eigenvalue weighted by molar-refractivity contribution is 5.84. The van der Waals surface area contributed by atoms with Gasteiger partial charge in [-0.2, -0.15) is 0 Å². The second-order valence-corrected chi connectivity index (χ2v) is 5.68. The summed E-state index contributed by atoms with van der Waals surface area (Å²) in [5.41, 5.74) is 0. The van der Waals surface area contributed by atoms with Crippen LogP contribution in [0.3, 0.4) is 0 Å². The summed E-state index contributed by atoms with van der Waals surface area (Å²) in [4.78, 5) is 22.2. The smallest absolute Gasteiger partial charge is 0.410 e. The van der Waals surface area contributed by atoms with Crippen LogP contribution in [0.15, 0.2) is 12.2 Å². The van der Waals surface area contributed by atoms with E-state index in [9.17, 15) is 9.59 Å². The van der Waals surface area contributed by atoms with Gasteiger partial charge < -0.3 is 14.8 Å². The van der Waals surface area contributed by atoms with Crippen molar-refractivity contribution in [3.05, 3.63) is 12.2 Å². The topological polar surface area (TPSA) is 64.6 Å². The highest BCUT2D eigenvalue weighted by Crippen LogP contribution is 2.10. The number of alkyl carbamates (subject to hydrolysis) is 1. The Morgan fingerprint density at radius 3 is 2.23 bits per heavy atom. The van der Waals surface area contributed by atoms with Gasteiger partial charge >= 0.3 is 12.1 Å². The number of rotatable bonds is 12. The van der Waals surface area contributed by atoms with Gasteiger partial charge in [0.25, 0.3) is 6.29 Å². The number of amides is 1. The van der Waals surface area contributed by atoms with Crippen LogP contribution in [-0.2, 0) is 14.3 Å². The molecule has 0 saturated carbocycles. The van der Waals surface area contributed by atoms with Gasteiger partial charge in [-0.15, -0.1) is 0 Å². The van der Waals surface area contributed by atoms with Crippen molar-refractivity contribution in [2.75, 3.05) is 6.54 Å². The summed E-state index contributed by atoms with van der Waals surface area (Å²) in [5.74, 6) is -0.479. The van der Waals surface area contributed by atoms with E-state index < -0.39 is 18.4 Å². The van der Waals surface area contributed by atoms with Gasteiger partial charge in [0.1, 0.15) is 0 Å². The van der Waals surface area contributed by atoms with Crippen LogP contribution in [0, 0.1) is 0 Å². The van der Waals surface area contributed by atoms with E-state index in [0.29, 0.717) is 6.54 Å². The number of hydrogen-bond donors (Lipinski definition) is 1. The molecule has 0 radical (unpaired) electrons. The van der Waals surface area contributed by atoms with Gasteiger partial charge in [0.15, 0.2) is 0 Å². The SMILES string of the molecule is CCCCCCCCCCCCNC(=O)OC1C=CC(=O)O1. The summed E-state index contributed by atoms with van der Waals surface area (Å²) in [6, 6.07) is 0. The summed E-state index contributed by atoms with van der Waals surface area (Å²) >= 11 is 0. The van der Waals surface area contributed by atoms with Gasteiger partial charge in [-0.3, -0.25) is 0 Å². The molecule has 5 nitrogen and oxygen atoms in total. The van der Waals surface area contributed by atoms with E-state index >= 15 is 0 Å². The Kier molecular flexibility index (Phi) is 10.2. The lowest BCUT2D eigenvalue weighted by atomic mass is 10.1. The molecule has 0 aliphatic carbocycles. The minimum Gasteiger partial charge on any atom is -0.418 e. The fourth-order valence-electron chi connectivity index (χ4n) is 2.36. The van der Waals surface area contributed by atoms with Gasteiger partial charge in [-0.1, -0.05) is 64.7 Å². The van der Waals surface area contributed by atoms with Crippen LogP contribution < -0.4 is 5.32 Å². The Bertz CT molecular complexity index is 355. The van der Waals surface area contributed by atoms with Crippen molar-refractivity contribution >= 4 is 12.1 Å². The Hall–Kier alpha value is -1.52. The van der Waals surface area contributed by atoms with Crippen LogP contribution in [0.4, 0.5) is 4.79 Å². The fraction of sp³-hybridized carbons (Fsp3) is 0.765. The third kappa shape index (κ3) is 9.42. The molecule has 0 aromatic rings. The molecule has 1 aliphatic rings. The Morgan fingerprint density at radius 1 is 1.09 bits per heavy atom. The van der Waals surface area contributed by atoms with Crippen LogP contribution in [0.25, 0.3) is 0 Å². The van der Waals surface area contributed by atoms with E-state index in [2.05, 4.69) is 12.2 Å². The molecule has 1 heterocycles. The Morgan fingerprint density at radius 2 is 1.68 bits per heavy atom. The van der Waals surface area contributed by atoms with Gasteiger partial charge in [-0.25, -0.2) is 9.59 Å². The molecule has 1 amide bonds. The van der Waals surface area contributed by atoms with Gasteiger partial charge in [-0.05, 0) is 6.42 Å². The maximum Gasteiger partial charge on any atom is 0.410 e. The zero-order chi connectivity index (χ0) is 16.0. The Balaban J connectivity index is 1.82. The van der Waals surface area contributed by atoms with Crippen LogP contribution in [0.1, 0.15) is 71.1 Å². The molecule has 1 rings (SSSR count). The molecule has 1 unspecified atom stereocenters. The molecule has 0 spiro atoms. The first-order valence-corrected chi connectivity index (χ1v) is 8.55. The molecular formula is C17H29NO4. The molecule has 0 fully saturated rings. The molecule has 1 aliphatic heterocycles. The number of hydrogen-bond acceptors (Lipinski definition) is 4. The lowest BCUT2D eigenvalue weighted by molar-refractivity contribution is -0.150. The van der Waals surface area contributed by atoms with Gasteiger partial charge in [0, 0.05) is 18.7 Å². The number of carbonyl (C=O) groups is 2. The Labute approximate surface area is 133 Å². The second kappa shape index (κ2) is 12.1. The fourth-order valence-corrected chi connectivity index (χ4v) is 2.36. The maximum absolute atomic E-state index is 11.4. The molecule has 0 saturated heterocycles. The van der Waals surface area contributed by atoms with E-state index in [1.54, 1.807) is 0 Å².